The van der Waals surface area contributed by atoms with Crippen LogP contribution in [0.1, 0.15) is 35.1 Å². The monoisotopic (exact) mass is 703 g/mol. The van der Waals surface area contributed by atoms with E-state index in [0.717, 1.165) is 31.0 Å². The summed E-state index contributed by atoms with van der Waals surface area (Å²) in [5.41, 5.74) is 10.2. The Hall–Kier alpha value is -2.50. The van der Waals surface area contributed by atoms with E-state index in [2.05, 4.69) is 54.9 Å². The molecule has 0 radical (unpaired) electrons. The zero-order valence-electron chi connectivity index (χ0n) is 22.6. The van der Waals surface area contributed by atoms with Gasteiger partial charge in [0.05, 0.1) is 7.11 Å². The SMILES string of the molecule is C.C.C.CO.CONCCNC(=O)CCN1C(=O)C=CC1=O.NCONCCNC(=O)CCN1C(=O)C=CC1=O.S=PP=S. The van der Waals surface area contributed by atoms with Crippen LogP contribution in [0.15, 0.2) is 24.3 Å². The van der Waals surface area contributed by atoms with Gasteiger partial charge in [-0.3, -0.25) is 43.4 Å². The number of amides is 6. The Balaban J connectivity index is -0.000000185. The first kappa shape index (κ1) is 51.1. The van der Waals surface area contributed by atoms with Crippen molar-refractivity contribution in [1.29, 1.82) is 0 Å². The lowest BCUT2D eigenvalue weighted by molar-refractivity contribution is -0.139. The second kappa shape index (κ2) is 35.0. The smallest absolute Gasteiger partial charge is 0.253 e. The molecule has 44 heavy (non-hydrogen) atoms. The first-order valence-electron chi connectivity index (χ1n) is 11.7. The maximum Gasteiger partial charge on any atom is 0.253 e. The van der Waals surface area contributed by atoms with Gasteiger partial charge >= 0.3 is 0 Å². The molecule has 2 heterocycles. The number of rotatable bonds is 16. The molecule has 0 spiro atoms. The first-order chi connectivity index (χ1) is 19.7. The standard InChI is InChI=1S/C10H16N4O4.C10H15N3O4.CH4O.3CH4.P2S2/c11-7-18-13-5-4-12-8(15)3-6-14-9(16)1-2-10(14)17;1-17-12-6-5-11-8(14)4-7-13-9(15)2-3-10(13)16;1-2;;;;3-1-2-4/h1-2,13H,3-7,11H2,(H,12,15);2-3,12H,4-7H2,1H3,(H,11,14);2H,1H3;3*1H4;. The molecule has 6 amide bonds. The number of aliphatic hydroxyl groups excluding tert-OH is 1. The van der Waals surface area contributed by atoms with Gasteiger partial charge in [-0.15, -0.1) is 0 Å². The van der Waals surface area contributed by atoms with Crippen molar-refractivity contribution in [2.45, 2.75) is 35.1 Å². The quantitative estimate of drug-likeness (QED) is 0.0398. The zero-order chi connectivity index (χ0) is 31.5. The summed E-state index contributed by atoms with van der Waals surface area (Å²) in [5, 5.41) is 12.2. The molecular weight excluding hydrogens is 656 g/mol. The maximum atomic E-state index is 11.4. The number of nitrogens with zero attached hydrogens (tertiary/aromatic N) is 2. The fraction of sp³-hybridized carbons (Fsp3) is 0.583. The predicted molar refractivity (Wildman–Crippen MR) is 177 cm³/mol. The van der Waals surface area contributed by atoms with Crippen LogP contribution < -0.4 is 27.3 Å². The van der Waals surface area contributed by atoms with E-state index in [9.17, 15) is 28.8 Å². The van der Waals surface area contributed by atoms with Gasteiger partial charge < -0.3 is 26.3 Å². The third kappa shape index (κ3) is 25.9. The van der Waals surface area contributed by atoms with Gasteiger partial charge in [0.2, 0.25) is 11.8 Å². The van der Waals surface area contributed by atoms with Gasteiger partial charge in [0.25, 0.3) is 23.6 Å². The summed E-state index contributed by atoms with van der Waals surface area (Å²) in [5.74, 6) is -1.96. The average Bonchev–Trinajstić information content (AvgIpc) is 3.48. The largest absolute Gasteiger partial charge is 0.400 e. The number of aliphatic hydroxyl groups is 1. The van der Waals surface area contributed by atoms with Gasteiger partial charge in [-0.25, -0.2) is 5.48 Å². The molecule has 0 aromatic carbocycles. The topological polar surface area (TPSA) is 222 Å². The van der Waals surface area contributed by atoms with E-state index in [1.54, 1.807) is 0 Å². The van der Waals surface area contributed by atoms with Gasteiger partial charge in [-0.2, -0.15) is 5.48 Å². The molecule has 2 aliphatic rings. The van der Waals surface area contributed by atoms with Crippen molar-refractivity contribution in [2.75, 3.05) is 60.2 Å². The third-order valence-corrected chi connectivity index (χ3v) is 7.05. The van der Waals surface area contributed by atoms with Crippen LogP contribution in [0.25, 0.3) is 0 Å². The Bertz CT molecular complexity index is 904. The number of carbonyl (C=O) groups is 6. The molecule has 2 rings (SSSR count). The zero-order valence-corrected chi connectivity index (χ0v) is 26.0. The van der Waals surface area contributed by atoms with Crippen LogP contribution in [0, 0.1) is 0 Å². The van der Waals surface area contributed by atoms with E-state index < -0.39 is 0 Å². The van der Waals surface area contributed by atoms with E-state index in [4.69, 9.17) is 10.8 Å². The van der Waals surface area contributed by atoms with Crippen molar-refractivity contribution < 1.29 is 43.5 Å². The lowest BCUT2D eigenvalue weighted by atomic mass is 10.3. The van der Waals surface area contributed by atoms with Crippen LogP contribution in [0.4, 0.5) is 0 Å². The summed E-state index contributed by atoms with van der Waals surface area (Å²) in [6.45, 7) is 1.96. The minimum Gasteiger partial charge on any atom is -0.400 e. The minimum absolute atomic E-state index is 0. The summed E-state index contributed by atoms with van der Waals surface area (Å²) in [4.78, 5) is 78.7. The van der Waals surface area contributed by atoms with E-state index in [1.807, 2.05) is 0 Å². The Labute approximate surface area is 273 Å². The second-order valence-electron chi connectivity index (χ2n) is 6.99. The molecule has 0 fully saturated rings. The van der Waals surface area contributed by atoms with Crippen molar-refractivity contribution in [3.05, 3.63) is 24.3 Å². The predicted octanol–water partition coefficient (Wildman–Crippen LogP) is -0.342. The van der Waals surface area contributed by atoms with Gasteiger partial charge in [0.1, 0.15) is 6.73 Å². The van der Waals surface area contributed by atoms with Crippen molar-refractivity contribution in [3.8, 4) is 0 Å². The molecule has 0 saturated heterocycles. The fourth-order valence-electron chi connectivity index (χ4n) is 2.65. The van der Waals surface area contributed by atoms with Crippen molar-refractivity contribution in [2.24, 2.45) is 5.73 Å². The molecule has 0 bridgehead atoms. The lowest BCUT2D eigenvalue weighted by Gasteiger charge is -2.13. The Kier molecular flexibility index (Phi) is 40.6. The van der Waals surface area contributed by atoms with Crippen molar-refractivity contribution >= 4 is 73.1 Å². The van der Waals surface area contributed by atoms with E-state index in [-0.39, 0.29) is 90.4 Å². The number of hydrogen-bond acceptors (Lipinski definition) is 14. The van der Waals surface area contributed by atoms with Gasteiger partial charge in [0.15, 0.2) is 0 Å². The Morgan fingerprint density at radius 2 is 1.09 bits per heavy atom. The molecule has 0 aliphatic carbocycles. The number of nitrogens with one attached hydrogen (secondary N) is 4. The van der Waals surface area contributed by atoms with Crippen molar-refractivity contribution in [3.63, 3.8) is 0 Å². The van der Waals surface area contributed by atoms with Crippen LogP contribution >= 0.6 is 14.1 Å². The molecule has 20 heteroatoms. The molecule has 0 saturated carbocycles. The molecule has 16 nitrogen and oxygen atoms in total. The van der Waals surface area contributed by atoms with Crippen LogP contribution in [0.2, 0.25) is 0 Å². The van der Waals surface area contributed by atoms with Crippen LogP contribution in [-0.2, 0) is 62.1 Å². The summed E-state index contributed by atoms with van der Waals surface area (Å²) in [7, 11) is 4.22. The molecular formula is C24H47N7O9P2S2. The number of carbonyl (C=O) groups excluding carboxylic acids is 6. The molecule has 0 unspecified atom stereocenters. The first-order valence-corrected chi connectivity index (χ1v) is 16.2. The minimum atomic E-state index is -0.384. The fourth-order valence-corrected chi connectivity index (χ4v) is 2.65. The van der Waals surface area contributed by atoms with E-state index in [0.29, 0.717) is 26.2 Å². The summed E-state index contributed by atoms with van der Waals surface area (Å²) < 4.78 is 0. The molecule has 0 aromatic heterocycles. The van der Waals surface area contributed by atoms with Gasteiger partial charge in [-0.05, 0) is 23.6 Å². The molecule has 0 aromatic rings. The van der Waals surface area contributed by atoms with E-state index >= 15 is 0 Å². The summed E-state index contributed by atoms with van der Waals surface area (Å²) >= 11 is 8.82. The highest BCUT2D eigenvalue weighted by atomic mass is 32.7. The molecule has 2 aliphatic heterocycles. The number of nitrogens with two attached hydrogens (primary N) is 1. The lowest BCUT2D eigenvalue weighted by Crippen LogP contribution is -2.37. The van der Waals surface area contributed by atoms with Crippen LogP contribution in [-0.4, -0.2) is 111 Å². The molecule has 254 valence electrons. The van der Waals surface area contributed by atoms with Gasteiger partial charge in [-0.1, -0.05) is 22.3 Å². The Morgan fingerprint density at radius 1 is 0.750 bits per heavy atom. The average molecular weight is 704 g/mol. The normalized spacial score (nSPS) is 12.5. The van der Waals surface area contributed by atoms with Gasteiger partial charge in [0, 0.05) is 97.6 Å². The molecule has 0 atom stereocenters. The Morgan fingerprint density at radius 3 is 1.39 bits per heavy atom. The van der Waals surface area contributed by atoms with Crippen LogP contribution in [0.3, 0.4) is 0 Å². The van der Waals surface area contributed by atoms with Crippen molar-refractivity contribution in [1.82, 2.24) is 31.4 Å². The highest BCUT2D eigenvalue weighted by Gasteiger charge is 2.24. The number of imide groups is 2. The number of hydroxylamine groups is 2. The van der Waals surface area contributed by atoms with Crippen LogP contribution in [0.5, 0.6) is 0 Å². The maximum absolute atomic E-state index is 11.4. The molecule has 7 N–H and O–H groups in total. The highest BCUT2D eigenvalue weighted by molar-refractivity contribution is 8.40. The summed E-state index contributed by atoms with van der Waals surface area (Å²) in [6, 6.07) is 0. The highest BCUT2D eigenvalue weighted by Crippen LogP contribution is 2.10. The number of hydrogen-bond donors (Lipinski definition) is 6. The van der Waals surface area contributed by atoms with E-state index in [1.165, 1.54) is 31.4 Å². The second-order valence-corrected chi connectivity index (χ2v) is 11.2. The third-order valence-electron chi connectivity index (χ3n) is 4.39. The summed E-state index contributed by atoms with van der Waals surface area (Å²) in [6.07, 6.45) is 4.96.